The van der Waals surface area contributed by atoms with E-state index in [4.69, 9.17) is 0 Å². The predicted molar refractivity (Wildman–Crippen MR) is 82.6 cm³/mol. The Morgan fingerprint density at radius 3 is 2.61 bits per heavy atom. The zero-order valence-corrected chi connectivity index (χ0v) is 13.1. The van der Waals surface area contributed by atoms with E-state index in [9.17, 15) is 4.79 Å². The summed E-state index contributed by atoms with van der Waals surface area (Å²) in [4.78, 5) is 12.2. The molecule has 3 atom stereocenters. The molecule has 1 aliphatic rings. The fourth-order valence-electron chi connectivity index (χ4n) is 2.59. The third-order valence-corrected chi connectivity index (χ3v) is 4.99. The maximum Gasteiger partial charge on any atom is 0.252 e. The first-order chi connectivity index (χ1) is 8.58. The molecule has 0 aromatic heterocycles. The molecule has 1 aliphatic carbocycles. The van der Waals surface area contributed by atoms with Crippen LogP contribution in [0.2, 0.25) is 0 Å². The maximum absolute atomic E-state index is 12.2. The quantitative estimate of drug-likeness (QED) is 0.801. The number of nitrogens with one attached hydrogen (secondary N) is 1. The molecule has 0 heterocycles. The van der Waals surface area contributed by atoms with Crippen LogP contribution >= 0.6 is 22.6 Å². The predicted octanol–water partition coefficient (Wildman–Crippen LogP) is 3.85. The van der Waals surface area contributed by atoms with Crippen molar-refractivity contribution < 1.29 is 4.79 Å². The van der Waals surface area contributed by atoms with E-state index in [2.05, 4.69) is 41.8 Å². The Balaban J connectivity index is 1.98. The van der Waals surface area contributed by atoms with Crippen molar-refractivity contribution in [3.8, 4) is 0 Å². The van der Waals surface area contributed by atoms with Crippen molar-refractivity contribution in [3.63, 3.8) is 0 Å². The lowest BCUT2D eigenvalue weighted by Crippen LogP contribution is -2.40. The number of rotatable bonds is 2. The summed E-state index contributed by atoms with van der Waals surface area (Å²) in [6.07, 6.45) is 3.44. The fourth-order valence-corrected chi connectivity index (χ4v) is 3.22. The molecule has 18 heavy (non-hydrogen) atoms. The molecule has 0 aliphatic heterocycles. The van der Waals surface area contributed by atoms with Gasteiger partial charge >= 0.3 is 0 Å². The van der Waals surface area contributed by atoms with E-state index in [1.807, 2.05) is 24.3 Å². The highest BCUT2D eigenvalue weighted by atomic mass is 127. The number of halogens is 1. The number of carbonyl (C=O) groups excluding carboxylic acids is 1. The molecule has 1 N–H and O–H groups in total. The Hall–Kier alpha value is -0.580. The van der Waals surface area contributed by atoms with E-state index in [-0.39, 0.29) is 5.91 Å². The Morgan fingerprint density at radius 2 is 1.94 bits per heavy atom. The maximum atomic E-state index is 12.2. The van der Waals surface area contributed by atoms with Gasteiger partial charge in [0.05, 0.1) is 5.56 Å². The average Bonchev–Trinajstić information content (AvgIpc) is 2.34. The number of hydrogen-bond acceptors (Lipinski definition) is 1. The van der Waals surface area contributed by atoms with Crippen molar-refractivity contribution >= 4 is 28.5 Å². The molecule has 0 spiro atoms. The number of carbonyl (C=O) groups is 1. The van der Waals surface area contributed by atoms with E-state index >= 15 is 0 Å². The molecule has 1 amide bonds. The number of amides is 1. The molecular formula is C15H20INO. The van der Waals surface area contributed by atoms with Gasteiger partial charge in [0, 0.05) is 9.61 Å². The normalized spacial score (nSPS) is 27.8. The van der Waals surface area contributed by atoms with Crippen LogP contribution in [-0.4, -0.2) is 11.9 Å². The highest BCUT2D eigenvalue weighted by Gasteiger charge is 2.26. The summed E-state index contributed by atoms with van der Waals surface area (Å²) in [5.74, 6) is 1.57. The Labute approximate surface area is 123 Å². The van der Waals surface area contributed by atoms with Crippen molar-refractivity contribution in [2.45, 2.75) is 39.2 Å². The molecule has 0 bridgehead atoms. The van der Waals surface area contributed by atoms with Crippen molar-refractivity contribution in [2.75, 3.05) is 0 Å². The molecule has 1 saturated carbocycles. The number of hydrogen-bond donors (Lipinski definition) is 1. The minimum Gasteiger partial charge on any atom is -0.349 e. The number of benzene rings is 1. The summed E-state index contributed by atoms with van der Waals surface area (Å²) in [6, 6.07) is 8.10. The molecule has 0 saturated heterocycles. The SMILES string of the molecule is CC1CCC(NC(=O)c2ccccc2I)CC1C. The Bertz CT molecular complexity index is 432. The van der Waals surface area contributed by atoms with Gasteiger partial charge in [-0.25, -0.2) is 0 Å². The first-order valence-corrected chi connectivity index (χ1v) is 7.71. The van der Waals surface area contributed by atoms with Crippen LogP contribution in [0.5, 0.6) is 0 Å². The molecule has 3 unspecified atom stereocenters. The van der Waals surface area contributed by atoms with Gasteiger partial charge < -0.3 is 5.32 Å². The van der Waals surface area contributed by atoms with Crippen LogP contribution < -0.4 is 5.32 Å². The van der Waals surface area contributed by atoms with Gasteiger partial charge in [-0.05, 0) is 65.8 Å². The van der Waals surface area contributed by atoms with Crippen molar-refractivity contribution in [1.82, 2.24) is 5.32 Å². The highest BCUT2D eigenvalue weighted by molar-refractivity contribution is 14.1. The van der Waals surface area contributed by atoms with Crippen molar-refractivity contribution in [1.29, 1.82) is 0 Å². The molecule has 0 radical (unpaired) electrons. The molecule has 1 aromatic carbocycles. The van der Waals surface area contributed by atoms with Gasteiger partial charge in [0.1, 0.15) is 0 Å². The lowest BCUT2D eigenvalue weighted by atomic mass is 9.79. The summed E-state index contributed by atoms with van der Waals surface area (Å²) in [7, 11) is 0. The standard InChI is InChI=1S/C15H20INO/c1-10-7-8-12(9-11(10)2)17-15(18)13-5-3-4-6-14(13)16/h3-6,10-12H,7-9H2,1-2H3,(H,17,18). The zero-order valence-electron chi connectivity index (χ0n) is 10.9. The first kappa shape index (κ1) is 13.8. The van der Waals surface area contributed by atoms with Gasteiger partial charge in [0.25, 0.3) is 5.91 Å². The van der Waals surface area contributed by atoms with Crippen LogP contribution in [0.4, 0.5) is 0 Å². The lowest BCUT2D eigenvalue weighted by Gasteiger charge is -2.32. The van der Waals surface area contributed by atoms with E-state index < -0.39 is 0 Å². The topological polar surface area (TPSA) is 29.1 Å². The lowest BCUT2D eigenvalue weighted by molar-refractivity contribution is 0.0909. The summed E-state index contributed by atoms with van der Waals surface area (Å²) < 4.78 is 1.02. The van der Waals surface area contributed by atoms with Gasteiger partial charge in [0.2, 0.25) is 0 Å². The largest absolute Gasteiger partial charge is 0.349 e. The molecule has 2 rings (SSSR count). The molecule has 1 aromatic rings. The Kier molecular flexibility index (Phi) is 4.65. The first-order valence-electron chi connectivity index (χ1n) is 6.63. The summed E-state index contributed by atoms with van der Waals surface area (Å²) >= 11 is 2.22. The third-order valence-electron chi connectivity index (χ3n) is 4.05. The second-order valence-electron chi connectivity index (χ2n) is 5.42. The van der Waals surface area contributed by atoms with E-state index in [0.29, 0.717) is 12.0 Å². The van der Waals surface area contributed by atoms with Gasteiger partial charge in [-0.3, -0.25) is 4.79 Å². The minimum atomic E-state index is 0.0757. The van der Waals surface area contributed by atoms with Crippen LogP contribution in [-0.2, 0) is 0 Å². The molecule has 2 nitrogen and oxygen atoms in total. The van der Waals surface area contributed by atoms with Crippen LogP contribution in [0.25, 0.3) is 0 Å². The van der Waals surface area contributed by atoms with Gasteiger partial charge in [0.15, 0.2) is 0 Å². The third kappa shape index (κ3) is 3.25. The van der Waals surface area contributed by atoms with Gasteiger partial charge in [-0.15, -0.1) is 0 Å². The molecule has 3 heteroatoms. The summed E-state index contributed by atoms with van der Waals surface area (Å²) in [5, 5.41) is 3.18. The second-order valence-corrected chi connectivity index (χ2v) is 6.58. The summed E-state index contributed by atoms with van der Waals surface area (Å²) in [6.45, 7) is 4.60. The van der Waals surface area contributed by atoms with E-state index in [0.717, 1.165) is 27.9 Å². The smallest absolute Gasteiger partial charge is 0.252 e. The highest BCUT2D eigenvalue weighted by Crippen LogP contribution is 2.29. The average molecular weight is 357 g/mol. The molecular weight excluding hydrogens is 337 g/mol. The minimum absolute atomic E-state index is 0.0757. The van der Waals surface area contributed by atoms with Crippen LogP contribution in [0.15, 0.2) is 24.3 Å². The second kappa shape index (κ2) is 6.04. The van der Waals surface area contributed by atoms with Gasteiger partial charge in [-0.2, -0.15) is 0 Å². The van der Waals surface area contributed by atoms with E-state index in [1.165, 1.54) is 6.42 Å². The Morgan fingerprint density at radius 1 is 1.22 bits per heavy atom. The zero-order chi connectivity index (χ0) is 13.1. The monoisotopic (exact) mass is 357 g/mol. The fraction of sp³-hybridized carbons (Fsp3) is 0.533. The van der Waals surface area contributed by atoms with Gasteiger partial charge in [-0.1, -0.05) is 26.0 Å². The summed E-state index contributed by atoms with van der Waals surface area (Å²) in [5.41, 5.74) is 0.796. The van der Waals surface area contributed by atoms with E-state index in [1.54, 1.807) is 0 Å². The van der Waals surface area contributed by atoms with Crippen molar-refractivity contribution in [3.05, 3.63) is 33.4 Å². The molecule has 98 valence electrons. The van der Waals surface area contributed by atoms with Crippen LogP contribution in [0.1, 0.15) is 43.5 Å². The van der Waals surface area contributed by atoms with Crippen LogP contribution in [0, 0.1) is 15.4 Å². The van der Waals surface area contributed by atoms with Crippen molar-refractivity contribution in [2.24, 2.45) is 11.8 Å². The van der Waals surface area contributed by atoms with Crippen LogP contribution in [0.3, 0.4) is 0 Å². The molecule has 1 fully saturated rings.